The van der Waals surface area contributed by atoms with Crippen molar-refractivity contribution < 1.29 is 9.47 Å². The number of nitrogens with one attached hydrogen (secondary N) is 1. The van der Waals surface area contributed by atoms with E-state index in [-0.39, 0.29) is 6.61 Å². The lowest BCUT2D eigenvalue weighted by Gasteiger charge is -2.11. The highest BCUT2D eigenvalue weighted by molar-refractivity contribution is 5.43. The topological polar surface area (TPSA) is 30.5 Å². The second-order valence-corrected chi connectivity index (χ2v) is 3.24. The predicted molar refractivity (Wildman–Crippen MR) is 64.7 cm³/mol. The first-order chi connectivity index (χ1) is 7.81. The zero-order chi connectivity index (χ0) is 11.8. The molecule has 0 atom stereocenters. The average molecular weight is 219 g/mol. The minimum Gasteiger partial charge on any atom is -0.490 e. The molecule has 3 nitrogen and oxygen atoms in total. The van der Waals surface area contributed by atoms with E-state index in [1.807, 2.05) is 32.2 Å². The van der Waals surface area contributed by atoms with Crippen LogP contribution >= 0.6 is 0 Å². The van der Waals surface area contributed by atoms with Gasteiger partial charge >= 0.3 is 0 Å². The molecule has 16 heavy (non-hydrogen) atoms. The van der Waals surface area contributed by atoms with Crippen LogP contribution in [0.4, 0.5) is 0 Å². The summed E-state index contributed by atoms with van der Waals surface area (Å²) in [6, 6.07) is 5.84. The van der Waals surface area contributed by atoms with Gasteiger partial charge in [-0.2, -0.15) is 0 Å². The Morgan fingerprint density at radius 1 is 1.31 bits per heavy atom. The first-order valence-corrected chi connectivity index (χ1v) is 5.28. The molecule has 0 bridgehead atoms. The van der Waals surface area contributed by atoms with Crippen molar-refractivity contribution in [2.75, 3.05) is 20.3 Å². The van der Waals surface area contributed by atoms with Gasteiger partial charge in [0.2, 0.25) is 0 Å². The van der Waals surface area contributed by atoms with Gasteiger partial charge in [-0.05, 0) is 31.7 Å². The lowest BCUT2D eigenvalue weighted by molar-refractivity contribution is 0.299. The molecule has 1 rings (SSSR count). The van der Waals surface area contributed by atoms with Crippen LogP contribution in [0.5, 0.6) is 11.5 Å². The maximum absolute atomic E-state index is 5.50. The monoisotopic (exact) mass is 219 g/mol. The Hall–Kier alpha value is -1.66. The predicted octanol–water partition coefficient (Wildman–Crippen LogP) is 1.82. The number of terminal acetylenes is 1. The van der Waals surface area contributed by atoms with E-state index in [0.717, 1.165) is 17.9 Å². The van der Waals surface area contributed by atoms with Gasteiger partial charge in [0.15, 0.2) is 11.5 Å². The van der Waals surface area contributed by atoms with Gasteiger partial charge in [0.05, 0.1) is 6.61 Å². The van der Waals surface area contributed by atoms with Crippen LogP contribution < -0.4 is 14.8 Å². The van der Waals surface area contributed by atoms with Gasteiger partial charge in [0.1, 0.15) is 6.61 Å². The van der Waals surface area contributed by atoms with E-state index in [1.54, 1.807) is 0 Å². The summed E-state index contributed by atoms with van der Waals surface area (Å²) in [7, 11) is 1.91. The Kier molecular flexibility index (Phi) is 5.24. The number of hydrogen-bond acceptors (Lipinski definition) is 3. The standard InChI is InChI=1S/C13H17NO2/c1-4-8-16-12-7-6-11(10-14-3)9-13(12)15-5-2/h1,6-7,9,14H,5,8,10H2,2-3H3. The molecule has 0 unspecified atom stereocenters. The van der Waals surface area contributed by atoms with Crippen LogP contribution in [0.25, 0.3) is 0 Å². The van der Waals surface area contributed by atoms with Crippen molar-refractivity contribution in [3.8, 4) is 23.8 Å². The Bertz CT molecular complexity index is 369. The SMILES string of the molecule is C#CCOc1ccc(CNC)cc1OCC. The highest BCUT2D eigenvalue weighted by Crippen LogP contribution is 2.28. The Balaban J connectivity index is 2.86. The molecular formula is C13H17NO2. The molecule has 1 aromatic carbocycles. The third kappa shape index (κ3) is 3.48. The summed E-state index contributed by atoms with van der Waals surface area (Å²) in [5.41, 5.74) is 1.15. The van der Waals surface area contributed by atoms with E-state index in [1.165, 1.54) is 0 Å². The average Bonchev–Trinajstić information content (AvgIpc) is 2.29. The molecule has 0 aromatic heterocycles. The molecule has 1 aromatic rings. The quantitative estimate of drug-likeness (QED) is 0.740. The smallest absolute Gasteiger partial charge is 0.162 e. The lowest BCUT2D eigenvalue weighted by Crippen LogP contribution is -2.06. The molecule has 0 heterocycles. The van der Waals surface area contributed by atoms with Crippen LogP contribution in [0.1, 0.15) is 12.5 Å². The molecular weight excluding hydrogens is 202 g/mol. The molecule has 0 fully saturated rings. The summed E-state index contributed by atoms with van der Waals surface area (Å²) in [6.07, 6.45) is 5.15. The minimum atomic E-state index is 0.255. The highest BCUT2D eigenvalue weighted by Gasteiger charge is 2.05. The molecule has 0 saturated carbocycles. The number of benzene rings is 1. The van der Waals surface area contributed by atoms with Crippen LogP contribution in [-0.4, -0.2) is 20.3 Å². The van der Waals surface area contributed by atoms with Crippen molar-refractivity contribution in [2.45, 2.75) is 13.5 Å². The normalized spacial score (nSPS) is 9.56. The van der Waals surface area contributed by atoms with Gasteiger partial charge in [-0.3, -0.25) is 0 Å². The summed E-state index contributed by atoms with van der Waals surface area (Å²) < 4.78 is 10.9. The molecule has 0 saturated heterocycles. The van der Waals surface area contributed by atoms with Crippen LogP contribution in [-0.2, 0) is 6.54 Å². The first kappa shape index (κ1) is 12.4. The maximum Gasteiger partial charge on any atom is 0.162 e. The van der Waals surface area contributed by atoms with Crippen molar-refractivity contribution in [1.29, 1.82) is 0 Å². The van der Waals surface area contributed by atoms with E-state index < -0.39 is 0 Å². The van der Waals surface area contributed by atoms with E-state index >= 15 is 0 Å². The fourth-order valence-corrected chi connectivity index (χ4v) is 1.37. The van der Waals surface area contributed by atoms with Crippen molar-refractivity contribution in [1.82, 2.24) is 5.32 Å². The van der Waals surface area contributed by atoms with Crippen LogP contribution in [0.15, 0.2) is 18.2 Å². The largest absolute Gasteiger partial charge is 0.490 e. The second kappa shape index (κ2) is 6.76. The minimum absolute atomic E-state index is 0.255. The van der Waals surface area contributed by atoms with E-state index in [9.17, 15) is 0 Å². The first-order valence-electron chi connectivity index (χ1n) is 5.28. The molecule has 0 radical (unpaired) electrons. The van der Waals surface area contributed by atoms with E-state index in [4.69, 9.17) is 15.9 Å². The number of ether oxygens (including phenoxy) is 2. The summed E-state index contributed by atoms with van der Waals surface area (Å²) in [6.45, 7) is 3.60. The van der Waals surface area contributed by atoms with Gasteiger partial charge in [-0.25, -0.2) is 0 Å². The van der Waals surface area contributed by atoms with Crippen molar-refractivity contribution >= 4 is 0 Å². The molecule has 0 aliphatic rings. The molecule has 86 valence electrons. The fourth-order valence-electron chi connectivity index (χ4n) is 1.37. The molecule has 0 aliphatic carbocycles. The van der Waals surface area contributed by atoms with Crippen LogP contribution in [0.3, 0.4) is 0 Å². The number of rotatable bonds is 6. The summed E-state index contributed by atoms with van der Waals surface area (Å²) in [5.74, 6) is 3.87. The van der Waals surface area contributed by atoms with Crippen molar-refractivity contribution in [3.05, 3.63) is 23.8 Å². The van der Waals surface area contributed by atoms with Gasteiger partial charge in [0.25, 0.3) is 0 Å². The van der Waals surface area contributed by atoms with E-state index in [0.29, 0.717) is 12.4 Å². The lowest BCUT2D eigenvalue weighted by atomic mass is 10.2. The van der Waals surface area contributed by atoms with Crippen LogP contribution in [0, 0.1) is 12.3 Å². The summed E-state index contributed by atoms with van der Waals surface area (Å²) in [4.78, 5) is 0. The molecule has 3 heteroatoms. The summed E-state index contributed by atoms with van der Waals surface area (Å²) >= 11 is 0. The second-order valence-electron chi connectivity index (χ2n) is 3.24. The third-order valence-corrected chi connectivity index (χ3v) is 2.00. The third-order valence-electron chi connectivity index (χ3n) is 2.00. The van der Waals surface area contributed by atoms with Gasteiger partial charge in [-0.1, -0.05) is 12.0 Å². The molecule has 0 aliphatic heterocycles. The number of hydrogen-bond donors (Lipinski definition) is 1. The molecule has 0 spiro atoms. The van der Waals surface area contributed by atoms with Crippen LogP contribution in [0.2, 0.25) is 0 Å². The zero-order valence-electron chi connectivity index (χ0n) is 9.75. The summed E-state index contributed by atoms with van der Waals surface area (Å²) in [5, 5.41) is 3.09. The Morgan fingerprint density at radius 3 is 2.75 bits per heavy atom. The van der Waals surface area contributed by atoms with Gasteiger partial charge in [0, 0.05) is 6.54 Å². The fraction of sp³-hybridized carbons (Fsp3) is 0.385. The van der Waals surface area contributed by atoms with Gasteiger partial charge < -0.3 is 14.8 Å². The Morgan fingerprint density at radius 2 is 2.12 bits per heavy atom. The van der Waals surface area contributed by atoms with E-state index in [2.05, 4.69) is 11.2 Å². The molecule has 0 amide bonds. The Labute approximate surface area is 96.8 Å². The zero-order valence-corrected chi connectivity index (χ0v) is 9.75. The highest BCUT2D eigenvalue weighted by atomic mass is 16.5. The maximum atomic E-state index is 5.50. The van der Waals surface area contributed by atoms with Crippen molar-refractivity contribution in [3.63, 3.8) is 0 Å². The van der Waals surface area contributed by atoms with Gasteiger partial charge in [-0.15, -0.1) is 6.42 Å². The molecule has 1 N–H and O–H groups in total. The van der Waals surface area contributed by atoms with Crippen molar-refractivity contribution in [2.24, 2.45) is 0 Å².